The number of rotatable bonds is 4. The number of aromatic carboxylic acids is 1. The summed E-state index contributed by atoms with van der Waals surface area (Å²) in [5, 5.41) is 13.1. The van der Waals surface area contributed by atoms with Gasteiger partial charge in [-0.1, -0.05) is 60.5 Å². The molecule has 0 unspecified atom stereocenters. The molecule has 4 heterocycles. The lowest BCUT2D eigenvalue weighted by molar-refractivity contribution is -0.127. The zero-order valence-electron chi connectivity index (χ0n) is 22.9. The third kappa shape index (κ3) is 4.14. The number of anilines is 1. The van der Waals surface area contributed by atoms with E-state index in [0.29, 0.717) is 47.1 Å². The van der Waals surface area contributed by atoms with Gasteiger partial charge in [0.15, 0.2) is 0 Å². The van der Waals surface area contributed by atoms with Crippen molar-refractivity contribution in [3.63, 3.8) is 0 Å². The minimum absolute atomic E-state index is 0. The molecule has 2 N–H and O–H groups in total. The summed E-state index contributed by atoms with van der Waals surface area (Å²) >= 11 is 12.7. The molecule has 222 valence electrons. The van der Waals surface area contributed by atoms with Gasteiger partial charge >= 0.3 is 5.97 Å². The number of carboxylic acid groups (broad SMARTS) is 1. The van der Waals surface area contributed by atoms with E-state index in [9.17, 15) is 14.7 Å². The number of benzene rings is 3. The van der Waals surface area contributed by atoms with Gasteiger partial charge in [-0.15, -0.1) is 0 Å². The monoisotopic (exact) mass is 620 g/mol. The summed E-state index contributed by atoms with van der Waals surface area (Å²) in [4.78, 5) is 33.4. The average Bonchev–Trinajstić information content (AvgIpc) is 3.56. The summed E-state index contributed by atoms with van der Waals surface area (Å²) in [6.45, 7) is 5.09. The first-order chi connectivity index (χ1) is 20.1. The summed E-state index contributed by atoms with van der Waals surface area (Å²) in [6, 6.07) is 15.0. The Balaban J connectivity index is 0.00000329. The number of allylic oxidation sites excluding steroid dienone is 1. The van der Waals surface area contributed by atoms with Gasteiger partial charge in [0.2, 0.25) is 5.91 Å². The zero-order chi connectivity index (χ0) is 29.5. The van der Waals surface area contributed by atoms with Crippen LogP contribution in [0.1, 0.15) is 66.8 Å². The third-order valence-corrected chi connectivity index (χ3v) is 9.57. The van der Waals surface area contributed by atoms with Crippen molar-refractivity contribution in [3.05, 3.63) is 105 Å². The third-order valence-electron chi connectivity index (χ3n) is 9.05. The maximum atomic E-state index is 16.2. The Morgan fingerprint density at radius 2 is 1.98 bits per heavy atom. The molecule has 7 rings (SSSR count). The van der Waals surface area contributed by atoms with Crippen molar-refractivity contribution < 1.29 is 19.1 Å². The lowest BCUT2D eigenvalue weighted by Gasteiger charge is -2.39. The van der Waals surface area contributed by atoms with Crippen molar-refractivity contribution in [1.29, 1.82) is 0 Å². The van der Waals surface area contributed by atoms with Crippen molar-refractivity contribution in [2.45, 2.75) is 57.7 Å². The largest absolute Gasteiger partial charge is 0.478 e. The van der Waals surface area contributed by atoms with Crippen molar-refractivity contribution in [3.8, 4) is 0 Å². The molecule has 1 spiro atoms. The number of halogens is 3. The van der Waals surface area contributed by atoms with Crippen LogP contribution < -0.4 is 5.32 Å². The van der Waals surface area contributed by atoms with E-state index in [-0.39, 0.29) is 30.0 Å². The van der Waals surface area contributed by atoms with Gasteiger partial charge < -0.3 is 15.0 Å². The van der Waals surface area contributed by atoms with Gasteiger partial charge in [0.1, 0.15) is 17.2 Å². The summed E-state index contributed by atoms with van der Waals surface area (Å²) in [5.74, 6) is -2.28. The van der Waals surface area contributed by atoms with E-state index in [0.717, 1.165) is 16.7 Å². The van der Waals surface area contributed by atoms with Gasteiger partial charge in [0.25, 0.3) is 0 Å². The summed E-state index contributed by atoms with van der Waals surface area (Å²) in [5.41, 5.74) is 2.97. The second-order valence-corrected chi connectivity index (χ2v) is 12.3. The number of carbonyl (C=O) groups is 2. The zero-order valence-corrected chi connectivity index (χ0v) is 24.4. The molecular formula is C33H31Cl2FN4O3. The number of imidazole rings is 1. The van der Waals surface area contributed by atoms with Crippen molar-refractivity contribution in [2.75, 3.05) is 11.9 Å². The van der Waals surface area contributed by atoms with Crippen LogP contribution in [0.2, 0.25) is 10.0 Å². The highest BCUT2D eigenvalue weighted by atomic mass is 35.5. The Morgan fingerprint density at radius 3 is 2.72 bits per heavy atom. The minimum atomic E-state index is -1.29. The fourth-order valence-electron chi connectivity index (χ4n) is 7.43. The minimum Gasteiger partial charge on any atom is -0.478 e. The molecule has 7 nitrogen and oxygen atoms in total. The predicted molar refractivity (Wildman–Crippen MR) is 167 cm³/mol. The van der Waals surface area contributed by atoms with Gasteiger partial charge in [-0.2, -0.15) is 0 Å². The number of likely N-dealkylation sites (tertiary alicyclic amines) is 1. The van der Waals surface area contributed by atoms with E-state index in [1.54, 1.807) is 42.5 Å². The molecule has 10 heteroatoms. The summed E-state index contributed by atoms with van der Waals surface area (Å²) in [6.07, 6.45) is 2.77. The Hall–Kier alpha value is -3.72. The molecule has 1 amide bonds. The second kappa shape index (κ2) is 10.5. The molecular weight excluding hydrogens is 590 g/mol. The molecule has 0 aliphatic carbocycles. The van der Waals surface area contributed by atoms with Crippen LogP contribution in [0.4, 0.5) is 10.1 Å². The number of nitrogens with zero attached hydrogens (tertiary/aromatic N) is 3. The standard InChI is InChI=1S/C32H27Cl2FN4O3.CH4/c1-16(2)10-13-39-25-11-12-38-24-9-6-17(30(40)41)14-23(24)36-29(38)26(25)27(19-4-3-5-21(34)28(19)35)32(39)20-8-7-18(33)15-22(20)37-31(32)42;/h3-10,14-15,25-27H,11-13H2,1-2H3,(H,37,42)(H,40,41);1H4/t25-,26+,27-,32+;/m0./s1. The molecule has 3 aliphatic heterocycles. The van der Waals surface area contributed by atoms with Crippen LogP contribution in [-0.4, -0.2) is 44.0 Å². The maximum Gasteiger partial charge on any atom is 0.335 e. The quantitative estimate of drug-likeness (QED) is 0.230. The molecule has 0 bridgehead atoms. The van der Waals surface area contributed by atoms with Gasteiger partial charge in [0, 0.05) is 47.2 Å². The molecule has 1 aromatic heterocycles. The Kier molecular flexibility index (Phi) is 7.15. The average molecular weight is 622 g/mol. The second-order valence-electron chi connectivity index (χ2n) is 11.5. The van der Waals surface area contributed by atoms with Crippen LogP contribution in [0.5, 0.6) is 0 Å². The van der Waals surface area contributed by atoms with Crippen molar-refractivity contribution in [2.24, 2.45) is 0 Å². The number of fused-ring (bicyclic) bond motifs is 7. The van der Waals surface area contributed by atoms with Crippen LogP contribution in [0.15, 0.2) is 66.2 Å². The van der Waals surface area contributed by atoms with Gasteiger partial charge in [0.05, 0.1) is 21.6 Å². The molecule has 1 saturated heterocycles. The highest BCUT2D eigenvalue weighted by Crippen LogP contribution is 2.64. The highest BCUT2D eigenvalue weighted by Gasteiger charge is 2.68. The first-order valence-electron chi connectivity index (χ1n) is 13.8. The fraction of sp³-hybridized carbons (Fsp3) is 0.303. The van der Waals surface area contributed by atoms with E-state index in [1.807, 2.05) is 19.9 Å². The van der Waals surface area contributed by atoms with E-state index in [2.05, 4.69) is 20.9 Å². The molecule has 4 aromatic rings. The number of hydrogen-bond acceptors (Lipinski definition) is 4. The van der Waals surface area contributed by atoms with Gasteiger partial charge in [-0.05, 0) is 62.2 Å². The van der Waals surface area contributed by atoms with Gasteiger partial charge in [-0.25, -0.2) is 14.2 Å². The van der Waals surface area contributed by atoms with Crippen molar-refractivity contribution >= 4 is 51.8 Å². The normalized spacial score (nSPS) is 23.8. The lowest BCUT2D eigenvalue weighted by atomic mass is 9.70. The van der Waals surface area contributed by atoms with Crippen LogP contribution in [0.25, 0.3) is 11.0 Å². The number of aromatic nitrogens is 2. The Labute approximate surface area is 258 Å². The first kappa shape index (κ1) is 29.4. The van der Waals surface area contributed by atoms with E-state index < -0.39 is 29.2 Å². The number of carbonyl (C=O) groups excluding carboxylic acids is 1. The van der Waals surface area contributed by atoms with Crippen molar-refractivity contribution in [1.82, 2.24) is 14.5 Å². The predicted octanol–water partition coefficient (Wildman–Crippen LogP) is 7.59. The van der Waals surface area contributed by atoms with Crippen LogP contribution in [0, 0.1) is 5.82 Å². The Bertz CT molecular complexity index is 1850. The Morgan fingerprint density at radius 1 is 1.19 bits per heavy atom. The topological polar surface area (TPSA) is 87.5 Å². The smallest absolute Gasteiger partial charge is 0.335 e. The van der Waals surface area contributed by atoms with Crippen LogP contribution in [-0.2, 0) is 16.9 Å². The summed E-state index contributed by atoms with van der Waals surface area (Å²) < 4.78 is 18.3. The molecule has 4 atom stereocenters. The highest BCUT2D eigenvalue weighted by molar-refractivity contribution is 6.31. The SMILES string of the molecule is C.CC(C)=CCN1[C@H]2CCn3c(nc4cc(C(=O)O)ccc43)[C@H]2[C@H](c2cccc(Cl)c2F)[C@]12C(=O)Nc1cc(Cl)ccc12. The van der Waals surface area contributed by atoms with E-state index >= 15 is 4.39 Å². The number of hydrogen-bond donors (Lipinski definition) is 2. The first-order valence-corrected chi connectivity index (χ1v) is 14.6. The van der Waals surface area contributed by atoms with Crippen LogP contribution in [0.3, 0.4) is 0 Å². The molecule has 0 radical (unpaired) electrons. The van der Waals surface area contributed by atoms with Gasteiger partial charge in [-0.3, -0.25) is 9.69 Å². The van der Waals surface area contributed by atoms with E-state index in [4.69, 9.17) is 28.2 Å². The number of nitrogens with one attached hydrogen (secondary N) is 1. The number of aryl methyl sites for hydroxylation is 1. The summed E-state index contributed by atoms with van der Waals surface area (Å²) in [7, 11) is 0. The maximum absolute atomic E-state index is 16.2. The van der Waals surface area contributed by atoms with E-state index in [1.165, 1.54) is 6.07 Å². The van der Waals surface area contributed by atoms with Crippen LogP contribution >= 0.6 is 23.2 Å². The molecule has 3 aliphatic rings. The molecule has 43 heavy (non-hydrogen) atoms. The number of carboxylic acids is 1. The molecule has 3 aromatic carbocycles. The lowest BCUT2D eigenvalue weighted by Crippen LogP contribution is -2.52. The number of amides is 1. The molecule has 1 fully saturated rings. The fourth-order valence-corrected chi connectivity index (χ4v) is 7.78. The molecule has 0 saturated carbocycles.